The summed E-state index contributed by atoms with van der Waals surface area (Å²) < 4.78 is 19.7. The van der Waals surface area contributed by atoms with Crippen LogP contribution < -0.4 is 10.1 Å². The molecule has 4 aromatic heterocycles. The Morgan fingerprint density at radius 3 is 2.51 bits per heavy atom. The van der Waals surface area contributed by atoms with Gasteiger partial charge in [-0.05, 0) is 60.3 Å². The number of likely N-dealkylation sites (tertiary alicyclic amines) is 2. The summed E-state index contributed by atoms with van der Waals surface area (Å²) in [5.41, 5.74) is 9.06. The standard InChI is InChI=1S/C45H50N8O7S/c1-25(2)42(45(57)52-21-32(54)15-38(52)44(56)47-26(3)28-9-11-29(12-10-28)43-27(4)46-24-61-43)40-18-41(50-60-40)59-14-13-51-19-30(20-51)36-17-35-37(53(36)31-22-58-23-31)16-34(48-49-35)33-7-5-6-8-39(33)55/h5-12,16-18,24-26,30-32,38,42,54-55H,13-15,19-23H2,1-4H3,(H,47,56)/t26-,32?,38?,42+/m0/s1. The molecule has 3 aliphatic rings. The molecular weight excluding hydrogens is 797 g/mol. The molecule has 318 valence electrons. The van der Waals surface area contributed by atoms with Gasteiger partial charge >= 0.3 is 0 Å². The summed E-state index contributed by atoms with van der Waals surface area (Å²) in [4.78, 5) is 37.1. The van der Waals surface area contributed by atoms with E-state index in [1.807, 2.05) is 75.7 Å². The lowest BCUT2D eigenvalue weighted by molar-refractivity contribution is -0.141. The van der Waals surface area contributed by atoms with Crippen LogP contribution >= 0.6 is 11.3 Å². The van der Waals surface area contributed by atoms with E-state index in [4.69, 9.17) is 14.0 Å². The molecule has 61 heavy (non-hydrogen) atoms. The van der Waals surface area contributed by atoms with Crippen molar-refractivity contribution >= 4 is 34.2 Å². The van der Waals surface area contributed by atoms with E-state index in [-0.39, 0.29) is 54.4 Å². The van der Waals surface area contributed by atoms with Crippen molar-refractivity contribution in [2.24, 2.45) is 5.92 Å². The van der Waals surface area contributed by atoms with Crippen LogP contribution in [0.25, 0.3) is 32.7 Å². The van der Waals surface area contributed by atoms with Crippen LogP contribution in [0.5, 0.6) is 11.6 Å². The maximum Gasteiger partial charge on any atom is 0.254 e. The predicted molar refractivity (Wildman–Crippen MR) is 228 cm³/mol. The van der Waals surface area contributed by atoms with Gasteiger partial charge in [-0.3, -0.25) is 14.5 Å². The van der Waals surface area contributed by atoms with E-state index in [9.17, 15) is 19.8 Å². The Labute approximate surface area is 357 Å². The fourth-order valence-electron chi connectivity index (χ4n) is 8.77. The fraction of sp³-hybridized carbons (Fsp3) is 0.422. The van der Waals surface area contributed by atoms with E-state index in [1.165, 1.54) is 10.6 Å². The maximum absolute atomic E-state index is 14.2. The molecule has 0 saturated carbocycles. The van der Waals surface area contributed by atoms with Gasteiger partial charge in [0.1, 0.15) is 29.8 Å². The van der Waals surface area contributed by atoms with E-state index in [0.717, 1.165) is 45.8 Å². The number of hydrogen-bond acceptors (Lipinski definition) is 13. The number of aromatic hydroxyl groups is 1. The van der Waals surface area contributed by atoms with Gasteiger partial charge in [0.2, 0.25) is 11.8 Å². The van der Waals surface area contributed by atoms with Gasteiger partial charge in [-0.15, -0.1) is 21.5 Å². The van der Waals surface area contributed by atoms with Crippen LogP contribution in [0, 0.1) is 12.8 Å². The number of nitrogens with zero attached hydrogens (tertiary/aromatic N) is 7. The van der Waals surface area contributed by atoms with Crippen molar-refractivity contribution in [3.8, 4) is 33.3 Å². The van der Waals surface area contributed by atoms with Gasteiger partial charge in [0.25, 0.3) is 5.88 Å². The Bertz CT molecular complexity index is 2520. The van der Waals surface area contributed by atoms with Gasteiger partial charge in [-0.2, -0.15) is 0 Å². The third-order valence-electron chi connectivity index (χ3n) is 12.2. The van der Waals surface area contributed by atoms with E-state index in [1.54, 1.807) is 29.5 Å². The quantitative estimate of drug-likeness (QED) is 0.119. The fourth-order valence-corrected chi connectivity index (χ4v) is 9.58. The first-order chi connectivity index (χ1) is 29.5. The first-order valence-electron chi connectivity index (χ1n) is 20.9. The maximum atomic E-state index is 14.2. The number of rotatable bonds is 14. The smallest absolute Gasteiger partial charge is 0.254 e. The minimum absolute atomic E-state index is 0.0492. The van der Waals surface area contributed by atoms with E-state index in [2.05, 4.69) is 41.2 Å². The minimum atomic E-state index is -0.832. The molecule has 4 atom stereocenters. The number of carbonyl (C=O) groups is 2. The van der Waals surface area contributed by atoms with Crippen LogP contribution in [-0.4, -0.2) is 115 Å². The number of β-amino-alcohol motifs (C(OH)–C–C–N with tert-alkyl or cyclic N) is 1. The van der Waals surface area contributed by atoms with Gasteiger partial charge < -0.3 is 39.0 Å². The van der Waals surface area contributed by atoms with E-state index >= 15 is 0 Å². The molecule has 0 spiro atoms. The van der Waals surface area contributed by atoms with Crippen molar-refractivity contribution in [2.75, 3.05) is 46.0 Å². The second-order valence-corrected chi connectivity index (χ2v) is 17.6. The average Bonchev–Trinajstić information content (AvgIpc) is 4.02. The zero-order chi connectivity index (χ0) is 42.4. The normalized spacial score (nSPS) is 19.5. The third-order valence-corrected chi connectivity index (χ3v) is 13.2. The van der Waals surface area contributed by atoms with Crippen LogP contribution in [0.2, 0.25) is 0 Å². The second-order valence-electron chi connectivity index (χ2n) is 16.8. The molecule has 2 aromatic carbocycles. The van der Waals surface area contributed by atoms with Crippen LogP contribution in [0.3, 0.4) is 0 Å². The summed E-state index contributed by atoms with van der Waals surface area (Å²) in [5.74, 6) is -0.430. The van der Waals surface area contributed by atoms with Crippen molar-refractivity contribution in [1.29, 1.82) is 0 Å². The molecule has 2 amide bonds. The van der Waals surface area contributed by atoms with Crippen molar-refractivity contribution in [1.82, 2.24) is 40.0 Å². The highest BCUT2D eigenvalue weighted by Crippen LogP contribution is 2.38. The number of aromatic nitrogens is 5. The minimum Gasteiger partial charge on any atom is -0.507 e. The SMILES string of the molecule is Cc1ncsc1-c1ccc([C@H](C)NC(=O)C2CC(O)CN2C(=O)[C@@H](c2cc(OCCN3CC(c4cc5nnc(-c6ccccc6O)cc5n4C4COC4)C3)no2)C(C)C)cc1. The van der Waals surface area contributed by atoms with Crippen LogP contribution in [0.1, 0.15) is 73.8 Å². The summed E-state index contributed by atoms with van der Waals surface area (Å²) in [6.07, 6.45) is -0.682. The van der Waals surface area contributed by atoms with Crippen molar-refractivity contribution < 1.29 is 33.8 Å². The van der Waals surface area contributed by atoms with Crippen LogP contribution in [-0.2, 0) is 14.3 Å². The molecule has 0 aliphatic carbocycles. The number of benzene rings is 2. The number of carbonyl (C=O) groups excluding carboxylic acids is 2. The van der Waals surface area contributed by atoms with Crippen LogP contribution in [0.4, 0.5) is 0 Å². The Kier molecular flexibility index (Phi) is 11.3. The topological polar surface area (TPSA) is 181 Å². The number of nitrogens with one attached hydrogen (secondary N) is 1. The molecule has 0 bridgehead atoms. The van der Waals surface area contributed by atoms with Crippen molar-refractivity contribution in [3.63, 3.8) is 0 Å². The predicted octanol–water partition coefficient (Wildman–Crippen LogP) is 5.85. The summed E-state index contributed by atoms with van der Waals surface area (Å²) in [7, 11) is 0. The molecule has 3 fully saturated rings. The number of para-hydroxylation sites is 1. The molecule has 6 aromatic rings. The Hall–Kier alpha value is -5.68. The van der Waals surface area contributed by atoms with E-state index in [0.29, 0.717) is 49.3 Å². The molecule has 3 saturated heterocycles. The Morgan fingerprint density at radius 2 is 1.80 bits per heavy atom. The van der Waals surface area contributed by atoms with Gasteiger partial charge in [-0.1, -0.05) is 50.2 Å². The Morgan fingerprint density at radius 1 is 1.02 bits per heavy atom. The zero-order valence-corrected chi connectivity index (χ0v) is 35.4. The third kappa shape index (κ3) is 8.12. The summed E-state index contributed by atoms with van der Waals surface area (Å²) in [5, 5.41) is 37.3. The van der Waals surface area contributed by atoms with E-state index < -0.39 is 18.1 Å². The molecule has 0 radical (unpaired) electrons. The monoisotopic (exact) mass is 846 g/mol. The Balaban J connectivity index is 0.801. The van der Waals surface area contributed by atoms with Crippen molar-refractivity contribution in [3.05, 3.63) is 95.0 Å². The number of amides is 2. The number of aryl methyl sites for hydroxylation is 1. The molecule has 16 heteroatoms. The number of thiazole rings is 1. The number of aliphatic hydroxyl groups excluding tert-OH is 1. The first-order valence-corrected chi connectivity index (χ1v) is 21.8. The number of phenols is 1. The number of ether oxygens (including phenoxy) is 2. The number of hydrogen-bond donors (Lipinski definition) is 3. The van der Waals surface area contributed by atoms with Crippen LogP contribution in [0.15, 0.2) is 76.8 Å². The number of aliphatic hydroxyl groups is 1. The summed E-state index contributed by atoms with van der Waals surface area (Å²) in [6.45, 7) is 11.8. The molecule has 2 unspecified atom stereocenters. The van der Waals surface area contributed by atoms with Gasteiger partial charge in [-0.25, -0.2) is 4.98 Å². The molecule has 9 rings (SSSR count). The number of fused-ring (bicyclic) bond motifs is 1. The highest BCUT2D eigenvalue weighted by Gasteiger charge is 2.44. The lowest BCUT2D eigenvalue weighted by Gasteiger charge is -2.41. The molecule has 3 N–H and O–H groups in total. The summed E-state index contributed by atoms with van der Waals surface area (Å²) in [6, 6.07) is 20.0. The zero-order valence-electron chi connectivity index (χ0n) is 34.6. The summed E-state index contributed by atoms with van der Waals surface area (Å²) >= 11 is 1.59. The highest BCUT2D eigenvalue weighted by molar-refractivity contribution is 7.13. The molecule has 15 nitrogen and oxygen atoms in total. The van der Waals surface area contributed by atoms with Gasteiger partial charge in [0.05, 0.1) is 58.7 Å². The lowest BCUT2D eigenvalue weighted by Crippen LogP contribution is -2.48. The van der Waals surface area contributed by atoms with Crippen molar-refractivity contribution in [2.45, 2.75) is 70.2 Å². The van der Waals surface area contributed by atoms with Gasteiger partial charge in [0, 0.05) is 55.8 Å². The molecule has 7 heterocycles. The second kappa shape index (κ2) is 17.0. The molecular formula is C45H50N8O7S. The van der Waals surface area contributed by atoms with Gasteiger partial charge in [0.15, 0.2) is 5.76 Å². The largest absolute Gasteiger partial charge is 0.507 e. The number of phenolic OH excluding ortho intramolecular Hbond substituents is 1. The average molecular weight is 847 g/mol. The lowest BCUT2D eigenvalue weighted by atomic mass is 9.91. The highest BCUT2D eigenvalue weighted by atomic mass is 32.1. The first kappa shape index (κ1) is 40.7. The molecule has 3 aliphatic heterocycles.